The first-order chi connectivity index (χ1) is 16.5. The van der Waals surface area contributed by atoms with Crippen LogP contribution in [-0.2, 0) is 6.42 Å². The van der Waals surface area contributed by atoms with E-state index < -0.39 is 0 Å². The SMILES string of the molecule is Cc1nc2nc(C(C)N3C[C@@H]4C[C@H]3CN4c3ccccc3)[nH]n2c(=O)c1Cc1ccc(F)cc1. The highest BCUT2D eigenvalue weighted by atomic mass is 19.1. The number of halogens is 1. The van der Waals surface area contributed by atoms with Crippen molar-refractivity contribution < 1.29 is 4.39 Å². The second-order valence-electron chi connectivity index (χ2n) is 9.43. The summed E-state index contributed by atoms with van der Waals surface area (Å²) in [5.74, 6) is 0.852. The molecule has 4 heterocycles. The molecule has 2 aliphatic heterocycles. The van der Waals surface area contributed by atoms with Crippen molar-refractivity contribution in [3.8, 4) is 0 Å². The van der Waals surface area contributed by atoms with Crippen molar-refractivity contribution in [3.63, 3.8) is 0 Å². The van der Waals surface area contributed by atoms with Gasteiger partial charge in [0, 0.05) is 42.8 Å². The summed E-state index contributed by atoms with van der Waals surface area (Å²) in [6.45, 7) is 5.94. The monoisotopic (exact) mass is 458 g/mol. The average molecular weight is 459 g/mol. The molecule has 0 saturated carbocycles. The average Bonchev–Trinajstić information content (AvgIpc) is 3.57. The Balaban J connectivity index is 1.25. The van der Waals surface area contributed by atoms with Gasteiger partial charge in [0.2, 0.25) is 0 Å². The molecular weight excluding hydrogens is 431 g/mol. The number of hydrogen-bond acceptors (Lipinski definition) is 5. The van der Waals surface area contributed by atoms with Crippen molar-refractivity contribution in [1.82, 2.24) is 24.5 Å². The highest BCUT2D eigenvalue weighted by molar-refractivity contribution is 5.50. The summed E-state index contributed by atoms with van der Waals surface area (Å²) >= 11 is 0. The van der Waals surface area contributed by atoms with Crippen LogP contribution in [0.1, 0.15) is 42.0 Å². The fourth-order valence-electron chi connectivity index (χ4n) is 5.53. The molecule has 0 aliphatic carbocycles. The van der Waals surface area contributed by atoms with Gasteiger partial charge in [-0.25, -0.2) is 9.37 Å². The van der Waals surface area contributed by atoms with E-state index in [9.17, 15) is 9.18 Å². The van der Waals surface area contributed by atoms with Gasteiger partial charge < -0.3 is 4.90 Å². The van der Waals surface area contributed by atoms with E-state index >= 15 is 0 Å². The Labute approximate surface area is 196 Å². The van der Waals surface area contributed by atoms with Crippen LogP contribution in [0.3, 0.4) is 0 Å². The zero-order valence-electron chi connectivity index (χ0n) is 19.3. The normalized spacial score (nSPS) is 21.0. The molecule has 2 fully saturated rings. The van der Waals surface area contributed by atoms with E-state index in [1.165, 1.54) is 22.3 Å². The summed E-state index contributed by atoms with van der Waals surface area (Å²) in [6.07, 6.45) is 1.54. The van der Waals surface area contributed by atoms with E-state index in [4.69, 9.17) is 4.98 Å². The Hall–Kier alpha value is -3.52. The number of likely N-dealkylation sites (tertiary alicyclic amines) is 1. The summed E-state index contributed by atoms with van der Waals surface area (Å²) in [5, 5.41) is 3.22. The van der Waals surface area contributed by atoms with Gasteiger partial charge in [0.15, 0.2) is 0 Å². The molecular formula is C26H27FN6O. The molecule has 1 unspecified atom stereocenters. The number of hydrogen-bond donors (Lipinski definition) is 1. The van der Waals surface area contributed by atoms with Crippen LogP contribution in [0.4, 0.5) is 10.1 Å². The smallest absolute Gasteiger partial charge is 0.277 e. The van der Waals surface area contributed by atoms with Gasteiger partial charge >= 0.3 is 0 Å². The molecule has 3 atom stereocenters. The fourth-order valence-corrected chi connectivity index (χ4v) is 5.53. The van der Waals surface area contributed by atoms with Crippen LogP contribution in [0.25, 0.3) is 5.78 Å². The fraction of sp³-hybridized carbons (Fsp3) is 0.346. The molecule has 34 heavy (non-hydrogen) atoms. The van der Waals surface area contributed by atoms with Crippen molar-refractivity contribution in [2.24, 2.45) is 0 Å². The van der Waals surface area contributed by atoms with Gasteiger partial charge in [0.1, 0.15) is 11.6 Å². The minimum absolute atomic E-state index is 0.0508. The summed E-state index contributed by atoms with van der Waals surface area (Å²) in [5.41, 5.74) is 3.24. The second kappa shape index (κ2) is 8.06. The van der Waals surface area contributed by atoms with Gasteiger partial charge in [-0.2, -0.15) is 9.50 Å². The van der Waals surface area contributed by atoms with Crippen LogP contribution in [0.15, 0.2) is 59.4 Å². The molecule has 0 spiro atoms. The maximum absolute atomic E-state index is 13.3. The summed E-state index contributed by atoms with van der Waals surface area (Å²) in [7, 11) is 0. The Morgan fingerprint density at radius 2 is 1.82 bits per heavy atom. The molecule has 2 bridgehead atoms. The predicted octanol–water partition coefficient (Wildman–Crippen LogP) is 3.48. The lowest BCUT2D eigenvalue weighted by Gasteiger charge is -2.38. The van der Waals surface area contributed by atoms with Crippen molar-refractivity contribution >= 4 is 11.5 Å². The Morgan fingerprint density at radius 1 is 1.06 bits per heavy atom. The standard InChI is InChI=1S/C26H27FN6O/c1-16-23(12-18-8-10-19(27)11-9-18)25(34)33-26(28-16)29-24(30-33)17(2)31-14-22-13-21(31)15-32(22)20-6-4-3-5-7-20/h3-11,17,21-22H,12-15H2,1-2H3,(H,28,29,30)/t17?,21-,22-/m0/s1. The summed E-state index contributed by atoms with van der Waals surface area (Å²) < 4.78 is 14.7. The molecule has 6 rings (SSSR count). The minimum atomic E-state index is -0.291. The number of aryl methyl sites for hydroxylation is 1. The number of anilines is 1. The van der Waals surface area contributed by atoms with Gasteiger partial charge in [0.05, 0.1) is 11.7 Å². The number of nitrogens with one attached hydrogen (secondary N) is 1. The largest absolute Gasteiger partial charge is 0.366 e. The number of benzene rings is 2. The first kappa shape index (κ1) is 21.0. The summed E-state index contributed by atoms with van der Waals surface area (Å²) in [4.78, 5) is 27.5. The zero-order valence-corrected chi connectivity index (χ0v) is 19.3. The number of nitrogens with zero attached hydrogens (tertiary/aromatic N) is 5. The molecule has 1 N–H and O–H groups in total. The quantitative estimate of drug-likeness (QED) is 0.496. The number of aromatic nitrogens is 4. The number of H-pyrrole nitrogens is 1. The first-order valence-electron chi connectivity index (χ1n) is 11.8. The molecule has 2 aromatic heterocycles. The second-order valence-corrected chi connectivity index (χ2v) is 9.43. The predicted molar refractivity (Wildman–Crippen MR) is 129 cm³/mol. The van der Waals surface area contributed by atoms with Crippen molar-refractivity contribution in [1.29, 1.82) is 0 Å². The molecule has 4 aromatic rings. The van der Waals surface area contributed by atoms with E-state index in [0.717, 1.165) is 30.9 Å². The van der Waals surface area contributed by atoms with Crippen LogP contribution in [0, 0.1) is 12.7 Å². The van der Waals surface area contributed by atoms with Gasteiger partial charge in [-0.15, -0.1) is 0 Å². The van der Waals surface area contributed by atoms with Gasteiger partial charge in [-0.3, -0.25) is 14.8 Å². The lowest BCUT2D eigenvalue weighted by Crippen LogP contribution is -2.47. The van der Waals surface area contributed by atoms with Gasteiger partial charge in [-0.05, 0) is 50.1 Å². The topological polar surface area (TPSA) is 69.5 Å². The number of piperazine rings is 1. The molecule has 2 aliphatic rings. The Kier molecular flexibility index (Phi) is 4.99. The molecule has 8 heteroatoms. The molecule has 7 nitrogen and oxygen atoms in total. The first-order valence-corrected chi connectivity index (χ1v) is 11.8. The van der Waals surface area contributed by atoms with Crippen LogP contribution in [0.2, 0.25) is 0 Å². The van der Waals surface area contributed by atoms with E-state index in [1.807, 2.05) is 6.92 Å². The highest BCUT2D eigenvalue weighted by Gasteiger charge is 2.45. The van der Waals surface area contributed by atoms with Crippen molar-refractivity contribution in [3.05, 3.63) is 93.4 Å². The van der Waals surface area contributed by atoms with E-state index in [2.05, 4.69) is 57.1 Å². The number of fused-ring (bicyclic) bond motifs is 3. The molecule has 0 radical (unpaired) electrons. The Morgan fingerprint density at radius 3 is 2.53 bits per heavy atom. The van der Waals surface area contributed by atoms with Crippen molar-refractivity contribution in [2.45, 2.75) is 44.8 Å². The van der Waals surface area contributed by atoms with Crippen LogP contribution in [0.5, 0.6) is 0 Å². The molecule has 2 aromatic carbocycles. The van der Waals surface area contributed by atoms with E-state index in [1.54, 1.807) is 12.1 Å². The number of rotatable bonds is 5. The molecule has 174 valence electrons. The summed E-state index contributed by atoms with van der Waals surface area (Å²) in [6, 6.07) is 17.8. The van der Waals surface area contributed by atoms with Crippen LogP contribution in [-0.4, -0.2) is 49.7 Å². The zero-order chi connectivity index (χ0) is 23.4. The lowest BCUT2D eigenvalue weighted by molar-refractivity contribution is 0.174. The molecule has 0 amide bonds. The van der Waals surface area contributed by atoms with E-state index in [-0.39, 0.29) is 17.4 Å². The maximum Gasteiger partial charge on any atom is 0.277 e. The number of aromatic amines is 1. The van der Waals surface area contributed by atoms with Gasteiger partial charge in [0.25, 0.3) is 11.3 Å². The highest BCUT2D eigenvalue weighted by Crippen LogP contribution is 2.38. The Bertz CT molecular complexity index is 1400. The number of para-hydroxylation sites is 1. The third kappa shape index (κ3) is 3.49. The maximum atomic E-state index is 13.3. The van der Waals surface area contributed by atoms with Gasteiger partial charge in [-0.1, -0.05) is 30.3 Å². The van der Waals surface area contributed by atoms with E-state index in [0.29, 0.717) is 35.5 Å². The van der Waals surface area contributed by atoms with Crippen LogP contribution >= 0.6 is 0 Å². The van der Waals surface area contributed by atoms with Crippen LogP contribution < -0.4 is 10.5 Å². The lowest BCUT2D eigenvalue weighted by atomic mass is 10.1. The van der Waals surface area contributed by atoms with Crippen molar-refractivity contribution in [2.75, 3.05) is 18.0 Å². The molecule has 2 saturated heterocycles. The third-order valence-electron chi connectivity index (χ3n) is 7.37. The third-order valence-corrected chi connectivity index (χ3v) is 7.37. The minimum Gasteiger partial charge on any atom is -0.366 e.